The van der Waals surface area contributed by atoms with Crippen molar-refractivity contribution in [2.75, 3.05) is 13.2 Å². The number of aryl methyl sites for hydroxylation is 1. The molecule has 94 valence electrons. The van der Waals surface area contributed by atoms with Crippen LogP contribution in [0.2, 0.25) is 0 Å². The Hall–Kier alpha value is -1.00. The van der Waals surface area contributed by atoms with Gasteiger partial charge in [0.15, 0.2) is 0 Å². The van der Waals surface area contributed by atoms with Crippen LogP contribution >= 0.6 is 0 Å². The van der Waals surface area contributed by atoms with Crippen LogP contribution in [-0.2, 0) is 4.74 Å². The van der Waals surface area contributed by atoms with E-state index in [-0.39, 0.29) is 5.82 Å². The van der Waals surface area contributed by atoms with E-state index in [2.05, 4.69) is 12.2 Å². The summed E-state index contributed by atoms with van der Waals surface area (Å²) in [7, 11) is 0. The Morgan fingerprint density at radius 2 is 2.12 bits per heavy atom. The summed E-state index contributed by atoms with van der Waals surface area (Å²) >= 11 is 0. The molecule has 1 aromatic carbocycles. The predicted molar refractivity (Wildman–Crippen MR) is 61.9 cm³/mol. The molecule has 2 nitrogen and oxygen atoms in total. The largest absolute Gasteiger partial charge is 0.370 e. The Kier molecular flexibility index (Phi) is 3.74. The van der Waals surface area contributed by atoms with Crippen molar-refractivity contribution >= 4 is 0 Å². The molecule has 2 unspecified atom stereocenters. The van der Waals surface area contributed by atoms with E-state index in [1.165, 1.54) is 12.1 Å². The molecule has 0 aliphatic carbocycles. The van der Waals surface area contributed by atoms with Crippen LogP contribution in [0.3, 0.4) is 0 Å². The summed E-state index contributed by atoms with van der Waals surface area (Å²) in [6.07, 6.45) is 0.574. The minimum absolute atomic E-state index is 0.301. The fourth-order valence-electron chi connectivity index (χ4n) is 1.99. The molecule has 0 spiro atoms. The summed E-state index contributed by atoms with van der Waals surface area (Å²) in [5.74, 6) is -0.784. The summed E-state index contributed by atoms with van der Waals surface area (Å²) in [4.78, 5) is 0. The fourth-order valence-corrected chi connectivity index (χ4v) is 1.99. The maximum absolute atomic E-state index is 13.7. The lowest BCUT2D eigenvalue weighted by Crippen LogP contribution is -2.42. The normalized spacial score (nSPS) is 24.9. The van der Waals surface area contributed by atoms with Gasteiger partial charge in [0.25, 0.3) is 0 Å². The predicted octanol–water partition coefficient (Wildman–Crippen LogP) is 2.71. The standard InChI is InChI=1S/C13H17F2NO/c1-3-9-7-17-13(6-16-9)10-5-11(14)8(2)4-12(10)15/h4-5,9,13,16H,3,6-7H2,1-2H3. The lowest BCUT2D eigenvalue weighted by molar-refractivity contribution is 0.000195. The lowest BCUT2D eigenvalue weighted by Gasteiger charge is -2.30. The van der Waals surface area contributed by atoms with Gasteiger partial charge in [0.05, 0.1) is 12.7 Å². The van der Waals surface area contributed by atoms with Gasteiger partial charge in [-0.15, -0.1) is 0 Å². The van der Waals surface area contributed by atoms with Gasteiger partial charge in [0, 0.05) is 18.2 Å². The Morgan fingerprint density at radius 1 is 1.35 bits per heavy atom. The smallest absolute Gasteiger partial charge is 0.129 e. The molecule has 1 aliphatic rings. The summed E-state index contributed by atoms with van der Waals surface area (Å²) in [6.45, 7) is 4.68. The fraction of sp³-hybridized carbons (Fsp3) is 0.538. The van der Waals surface area contributed by atoms with E-state index >= 15 is 0 Å². The van der Waals surface area contributed by atoms with Crippen LogP contribution in [0.15, 0.2) is 12.1 Å². The zero-order valence-electron chi connectivity index (χ0n) is 10.1. The van der Waals surface area contributed by atoms with E-state index in [0.29, 0.717) is 30.3 Å². The van der Waals surface area contributed by atoms with E-state index in [0.717, 1.165) is 6.42 Å². The molecule has 0 aromatic heterocycles. The molecule has 1 fully saturated rings. The van der Waals surface area contributed by atoms with Gasteiger partial charge >= 0.3 is 0 Å². The molecule has 1 N–H and O–H groups in total. The van der Waals surface area contributed by atoms with Crippen molar-refractivity contribution in [3.05, 3.63) is 34.9 Å². The average Bonchev–Trinajstić information content (AvgIpc) is 2.34. The van der Waals surface area contributed by atoms with Crippen molar-refractivity contribution in [3.8, 4) is 0 Å². The number of nitrogens with one attached hydrogen (secondary N) is 1. The van der Waals surface area contributed by atoms with Gasteiger partial charge in [-0.2, -0.15) is 0 Å². The highest BCUT2D eigenvalue weighted by Gasteiger charge is 2.24. The highest BCUT2D eigenvalue weighted by atomic mass is 19.1. The first kappa shape index (κ1) is 12.5. The number of benzene rings is 1. The zero-order chi connectivity index (χ0) is 12.4. The van der Waals surface area contributed by atoms with E-state index in [4.69, 9.17) is 4.74 Å². The first-order valence-corrected chi connectivity index (χ1v) is 5.92. The molecular weight excluding hydrogens is 224 g/mol. The highest BCUT2D eigenvalue weighted by Crippen LogP contribution is 2.25. The number of halogens is 2. The van der Waals surface area contributed by atoms with Crippen molar-refractivity contribution in [1.29, 1.82) is 0 Å². The minimum atomic E-state index is -0.398. The number of hydrogen-bond donors (Lipinski definition) is 1. The monoisotopic (exact) mass is 241 g/mol. The van der Waals surface area contributed by atoms with Crippen molar-refractivity contribution in [2.45, 2.75) is 32.4 Å². The van der Waals surface area contributed by atoms with Crippen molar-refractivity contribution < 1.29 is 13.5 Å². The molecule has 2 rings (SSSR count). The van der Waals surface area contributed by atoms with Gasteiger partial charge in [-0.1, -0.05) is 6.92 Å². The Labute approximate surface area is 100.0 Å². The third-order valence-corrected chi connectivity index (χ3v) is 3.21. The molecule has 4 heteroatoms. The topological polar surface area (TPSA) is 21.3 Å². The highest BCUT2D eigenvalue weighted by molar-refractivity contribution is 5.27. The van der Waals surface area contributed by atoms with Gasteiger partial charge in [-0.05, 0) is 31.0 Å². The summed E-state index contributed by atoms with van der Waals surface area (Å²) in [5.41, 5.74) is 0.622. The summed E-state index contributed by atoms with van der Waals surface area (Å²) in [5, 5.41) is 3.26. The van der Waals surface area contributed by atoms with Crippen molar-refractivity contribution in [1.82, 2.24) is 5.32 Å². The maximum Gasteiger partial charge on any atom is 0.129 e. The van der Waals surface area contributed by atoms with Gasteiger partial charge in [0.1, 0.15) is 11.6 Å². The molecule has 1 aliphatic heterocycles. The second-order valence-corrected chi connectivity index (χ2v) is 4.46. The molecule has 1 saturated heterocycles. The SMILES string of the molecule is CCC1COC(c2cc(F)c(C)cc2F)CN1. The Bertz CT molecular complexity index is 401. The molecular formula is C13H17F2NO. The number of hydrogen-bond acceptors (Lipinski definition) is 2. The van der Waals surface area contributed by atoms with Crippen LogP contribution in [0.25, 0.3) is 0 Å². The zero-order valence-corrected chi connectivity index (χ0v) is 10.1. The third-order valence-electron chi connectivity index (χ3n) is 3.21. The van der Waals surface area contributed by atoms with Gasteiger partial charge in [-0.3, -0.25) is 0 Å². The Balaban J connectivity index is 2.16. The molecule has 0 amide bonds. The van der Waals surface area contributed by atoms with Gasteiger partial charge in [-0.25, -0.2) is 8.78 Å². The first-order valence-electron chi connectivity index (χ1n) is 5.92. The van der Waals surface area contributed by atoms with Crippen LogP contribution in [0.4, 0.5) is 8.78 Å². The summed E-state index contributed by atoms with van der Waals surface area (Å²) in [6, 6.07) is 2.77. The van der Waals surface area contributed by atoms with E-state index in [1.807, 2.05) is 0 Å². The molecule has 0 saturated carbocycles. The number of rotatable bonds is 2. The number of ether oxygens (including phenoxy) is 1. The Morgan fingerprint density at radius 3 is 2.71 bits per heavy atom. The molecule has 1 aromatic rings. The summed E-state index contributed by atoms with van der Waals surface area (Å²) < 4.78 is 32.7. The molecule has 1 heterocycles. The van der Waals surface area contributed by atoms with Gasteiger partial charge in [0.2, 0.25) is 0 Å². The van der Waals surface area contributed by atoms with E-state index < -0.39 is 11.9 Å². The van der Waals surface area contributed by atoms with Crippen LogP contribution in [0.1, 0.15) is 30.6 Å². The van der Waals surface area contributed by atoms with Crippen LogP contribution < -0.4 is 5.32 Å². The second-order valence-electron chi connectivity index (χ2n) is 4.46. The van der Waals surface area contributed by atoms with Crippen LogP contribution in [0, 0.1) is 18.6 Å². The van der Waals surface area contributed by atoms with E-state index in [1.54, 1.807) is 6.92 Å². The van der Waals surface area contributed by atoms with Gasteiger partial charge < -0.3 is 10.1 Å². The maximum atomic E-state index is 13.7. The van der Waals surface area contributed by atoms with E-state index in [9.17, 15) is 8.78 Å². The number of morpholine rings is 1. The van der Waals surface area contributed by atoms with Crippen LogP contribution in [-0.4, -0.2) is 19.2 Å². The van der Waals surface area contributed by atoms with Crippen molar-refractivity contribution in [3.63, 3.8) is 0 Å². The molecule has 2 atom stereocenters. The molecule has 17 heavy (non-hydrogen) atoms. The first-order chi connectivity index (χ1) is 8.11. The average molecular weight is 241 g/mol. The third kappa shape index (κ3) is 2.64. The minimum Gasteiger partial charge on any atom is -0.370 e. The lowest BCUT2D eigenvalue weighted by atomic mass is 10.0. The molecule has 0 bridgehead atoms. The van der Waals surface area contributed by atoms with Crippen molar-refractivity contribution in [2.24, 2.45) is 0 Å². The second kappa shape index (κ2) is 5.10. The quantitative estimate of drug-likeness (QED) is 0.859. The van der Waals surface area contributed by atoms with Crippen LogP contribution in [0.5, 0.6) is 0 Å². The molecule has 0 radical (unpaired) electrons.